The standard InChI is InChI=1S/C16H29N5O/c1-4-21-13(2)17-18-16(21)11-19(3)15-5-7-20(10-15)9-14-6-8-22-12-14/h14-15H,4-12H2,1-3H3/t14-,15+/m1/s1. The summed E-state index contributed by atoms with van der Waals surface area (Å²) in [6.45, 7) is 11.5. The zero-order valence-corrected chi connectivity index (χ0v) is 14.2. The van der Waals surface area contributed by atoms with Crippen LogP contribution >= 0.6 is 0 Å². The molecule has 0 aromatic carbocycles. The molecule has 2 fully saturated rings. The predicted octanol–water partition coefficient (Wildman–Crippen LogP) is 1.15. The molecular weight excluding hydrogens is 278 g/mol. The first-order chi connectivity index (χ1) is 10.7. The molecule has 22 heavy (non-hydrogen) atoms. The molecule has 0 aliphatic carbocycles. The third-order valence-corrected chi connectivity index (χ3v) is 5.13. The lowest BCUT2D eigenvalue weighted by Crippen LogP contribution is -2.36. The molecule has 3 rings (SSSR count). The van der Waals surface area contributed by atoms with Crippen molar-refractivity contribution in [2.24, 2.45) is 5.92 Å². The van der Waals surface area contributed by atoms with E-state index in [9.17, 15) is 0 Å². The lowest BCUT2D eigenvalue weighted by Gasteiger charge is -2.25. The summed E-state index contributed by atoms with van der Waals surface area (Å²) < 4.78 is 7.70. The van der Waals surface area contributed by atoms with Crippen molar-refractivity contribution in [1.82, 2.24) is 24.6 Å². The highest BCUT2D eigenvalue weighted by molar-refractivity contribution is 4.95. The first-order valence-corrected chi connectivity index (χ1v) is 8.56. The van der Waals surface area contributed by atoms with Gasteiger partial charge in [-0.2, -0.15) is 0 Å². The minimum atomic E-state index is 0.629. The Morgan fingerprint density at radius 2 is 2.18 bits per heavy atom. The number of aromatic nitrogens is 3. The third kappa shape index (κ3) is 3.50. The van der Waals surface area contributed by atoms with Crippen molar-refractivity contribution in [2.45, 2.75) is 45.8 Å². The number of rotatable bonds is 6. The molecule has 1 aromatic rings. The Balaban J connectivity index is 1.51. The summed E-state index contributed by atoms with van der Waals surface area (Å²) in [7, 11) is 2.22. The van der Waals surface area contributed by atoms with Crippen LogP contribution in [-0.4, -0.2) is 70.5 Å². The summed E-state index contributed by atoms with van der Waals surface area (Å²) in [5.41, 5.74) is 0. The van der Waals surface area contributed by atoms with Crippen molar-refractivity contribution in [3.05, 3.63) is 11.6 Å². The third-order valence-electron chi connectivity index (χ3n) is 5.13. The Morgan fingerprint density at radius 1 is 1.32 bits per heavy atom. The van der Waals surface area contributed by atoms with Crippen molar-refractivity contribution in [1.29, 1.82) is 0 Å². The van der Waals surface area contributed by atoms with E-state index in [2.05, 4.69) is 38.5 Å². The molecule has 0 N–H and O–H groups in total. The quantitative estimate of drug-likeness (QED) is 0.789. The maximum atomic E-state index is 5.49. The number of hydrogen-bond donors (Lipinski definition) is 0. The Labute approximate surface area is 133 Å². The maximum absolute atomic E-state index is 5.49. The fourth-order valence-electron chi connectivity index (χ4n) is 3.74. The Hall–Kier alpha value is -0.980. The van der Waals surface area contributed by atoms with Crippen molar-refractivity contribution in [3.63, 3.8) is 0 Å². The Morgan fingerprint density at radius 3 is 2.91 bits per heavy atom. The molecule has 0 radical (unpaired) electrons. The summed E-state index contributed by atoms with van der Waals surface area (Å²) in [5.74, 6) is 2.85. The molecule has 124 valence electrons. The van der Waals surface area contributed by atoms with E-state index in [1.807, 2.05) is 6.92 Å². The van der Waals surface area contributed by atoms with Gasteiger partial charge in [-0.3, -0.25) is 4.90 Å². The van der Waals surface area contributed by atoms with Gasteiger partial charge in [-0.25, -0.2) is 0 Å². The lowest BCUT2D eigenvalue weighted by atomic mass is 10.1. The van der Waals surface area contributed by atoms with E-state index in [1.54, 1.807) is 0 Å². The second-order valence-electron chi connectivity index (χ2n) is 6.75. The number of aryl methyl sites for hydroxylation is 1. The molecule has 2 aliphatic heterocycles. The van der Waals surface area contributed by atoms with Crippen LogP contribution in [0.15, 0.2) is 0 Å². The lowest BCUT2D eigenvalue weighted by molar-refractivity contribution is 0.168. The van der Waals surface area contributed by atoms with Gasteiger partial charge in [-0.15, -0.1) is 10.2 Å². The van der Waals surface area contributed by atoms with E-state index in [-0.39, 0.29) is 0 Å². The molecule has 0 amide bonds. The molecule has 6 heteroatoms. The van der Waals surface area contributed by atoms with Crippen LogP contribution in [0, 0.1) is 12.8 Å². The molecule has 0 unspecified atom stereocenters. The van der Waals surface area contributed by atoms with E-state index in [4.69, 9.17) is 4.74 Å². The van der Waals surface area contributed by atoms with Crippen LogP contribution in [0.3, 0.4) is 0 Å². The fraction of sp³-hybridized carbons (Fsp3) is 0.875. The smallest absolute Gasteiger partial charge is 0.147 e. The van der Waals surface area contributed by atoms with Crippen molar-refractivity contribution in [3.8, 4) is 0 Å². The van der Waals surface area contributed by atoms with Gasteiger partial charge < -0.3 is 14.2 Å². The first kappa shape index (κ1) is 15.9. The molecule has 0 saturated carbocycles. The molecule has 2 aliphatic rings. The van der Waals surface area contributed by atoms with Crippen molar-refractivity contribution >= 4 is 0 Å². The molecule has 1 aromatic heterocycles. The summed E-state index contributed by atoms with van der Waals surface area (Å²) >= 11 is 0. The summed E-state index contributed by atoms with van der Waals surface area (Å²) in [4.78, 5) is 5.05. The number of nitrogens with zero attached hydrogens (tertiary/aromatic N) is 5. The zero-order valence-electron chi connectivity index (χ0n) is 14.2. The van der Waals surface area contributed by atoms with Gasteiger partial charge >= 0.3 is 0 Å². The van der Waals surface area contributed by atoms with Crippen molar-refractivity contribution < 1.29 is 4.74 Å². The van der Waals surface area contributed by atoms with Gasteiger partial charge in [-0.05, 0) is 46.2 Å². The number of ether oxygens (including phenoxy) is 1. The Kier molecular flexibility index (Phi) is 5.10. The zero-order chi connectivity index (χ0) is 15.5. The maximum Gasteiger partial charge on any atom is 0.147 e. The van der Waals surface area contributed by atoms with E-state index in [1.165, 1.54) is 32.5 Å². The first-order valence-electron chi connectivity index (χ1n) is 8.56. The molecule has 2 saturated heterocycles. The SMILES string of the molecule is CCn1c(C)nnc1CN(C)[C@H]1CCN(C[C@H]2CCOC2)C1. The normalized spacial score (nSPS) is 26.4. The average Bonchev–Trinajstić information content (AvgIpc) is 3.22. The van der Waals surface area contributed by atoms with E-state index in [0.717, 1.165) is 43.9 Å². The van der Waals surface area contributed by atoms with Gasteiger partial charge in [0.25, 0.3) is 0 Å². The summed E-state index contributed by atoms with van der Waals surface area (Å²) in [6.07, 6.45) is 2.49. The van der Waals surface area contributed by atoms with E-state index >= 15 is 0 Å². The molecule has 6 nitrogen and oxygen atoms in total. The van der Waals surface area contributed by atoms with E-state index in [0.29, 0.717) is 6.04 Å². The number of likely N-dealkylation sites (tertiary alicyclic amines) is 1. The Bertz CT molecular complexity index is 483. The predicted molar refractivity (Wildman–Crippen MR) is 85.7 cm³/mol. The highest BCUT2D eigenvalue weighted by Gasteiger charge is 2.29. The molecule has 0 spiro atoms. The topological polar surface area (TPSA) is 46.4 Å². The largest absolute Gasteiger partial charge is 0.381 e. The molecular formula is C16H29N5O. The van der Waals surface area contributed by atoms with Gasteiger partial charge in [0.05, 0.1) is 13.2 Å². The van der Waals surface area contributed by atoms with Crippen LogP contribution in [-0.2, 0) is 17.8 Å². The van der Waals surface area contributed by atoms with Gasteiger partial charge in [0.15, 0.2) is 0 Å². The fourth-order valence-corrected chi connectivity index (χ4v) is 3.74. The average molecular weight is 307 g/mol. The summed E-state index contributed by atoms with van der Waals surface area (Å²) in [6, 6.07) is 0.629. The van der Waals surface area contributed by atoms with Crippen molar-refractivity contribution in [2.75, 3.05) is 39.9 Å². The van der Waals surface area contributed by atoms with Crippen LogP contribution in [0.2, 0.25) is 0 Å². The van der Waals surface area contributed by atoms with Crippen LogP contribution in [0.25, 0.3) is 0 Å². The monoisotopic (exact) mass is 307 g/mol. The second kappa shape index (κ2) is 7.06. The second-order valence-corrected chi connectivity index (χ2v) is 6.75. The minimum Gasteiger partial charge on any atom is -0.381 e. The van der Waals surface area contributed by atoms with Crippen LogP contribution in [0.4, 0.5) is 0 Å². The molecule has 3 heterocycles. The van der Waals surface area contributed by atoms with Crippen LogP contribution < -0.4 is 0 Å². The summed E-state index contributed by atoms with van der Waals surface area (Å²) in [5, 5.41) is 8.55. The number of hydrogen-bond acceptors (Lipinski definition) is 5. The van der Waals surface area contributed by atoms with Gasteiger partial charge in [0, 0.05) is 32.3 Å². The highest BCUT2D eigenvalue weighted by atomic mass is 16.5. The number of likely N-dealkylation sites (N-methyl/N-ethyl adjacent to an activating group) is 1. The van der Waals surface area contributed by atoms with Gasteiger partial charge in [0.1, 0.15) is 11.6 Å². The molecule has 0 bridgehead atoms. The highest BCUT2D eigenvalue weighted by Crippen LogP contribution is 2.20. The van der Waals surface area contributed by atoms with Gasteiger partial charge in [0.2, 0.25) is 0 Å². The van der Waals surface area contributed by atoms with Gasteiger partial charge in [-0.1, -0.05) is 0 Å². The van der Waals surface area contributed by atoms with Crippen LogP contribution in [0.5, 0.6) is 0 Å². The minimum absolute atomic E-state index is 0.629. The van der Waals surface area contributed by atoms with E-state index < -0.39 is 0 Å². The molecule has 2 atom stereocenters. The van der Waals surface area contributed by atoms with Crippen LogP contribution in [0.1, 0.15) is 31.4 Å².